The van der Waals surface area contributed by atoms with Crippen LogP contribution in [-0.2, 0) is 0 Å². The summed E-state index contributed by atoms with van der Waals surface area (Å²) in [5, 5.41) is 8.89. The Labute approximate surface area is 107 Å². The van der Waals surface area contributed by atoms with Gasteiger partial charge in [-0.3, -0.25) is 0 Å². The van der Waals surface area contributed by atoms with Gasteiger partial charge in [0.25, 0.3) is 0 Å². The number of pyridine rings is 1. The molecule has 0 unspecified atom stereocenters. The van der Waals surface area contributed by atoms with Crippen LogP contribution in [0.2, 0.25) is 5.02 Å². The topological polar surface area (TPSA) is 59.4 Å². The van der Waals surface area contributed by atoms with E-state index in [0.29, 0.717) is 0 Å². The molecule has 2 aromatic rings. The molecule has 1 N–H and O–H groups in total. The second-order valence-electron chi connectivity index (χ2n) is 3.36. The van der Waals surface area contributed by atoms with Crippen LogP contribution in [0.3, 0.4) is 0 Å². The van der Waals surface area contributed by atoms with Gasteiger partial charge in [0.1, 0.15) is 11.6 Å². The highest BCUT2D eigenvalue weighted by Crippen LogP contribution is 2.29. The van der Waals surface area contributed by atoms with E-state index in [2.05, 4.69) is 4.98 Å². The van der Waals surface area contributed by atoms with Crippen molar-refractivity contribution in [2.75, 3.05) is 0 Å². The summed E-state index contributed by atoms with van der Waals surface area (Å²) >= 11 is 5.77. The summed E-state index contributed by atoms with van der Waals surface area (Å²) in [5.74, 6) is -1.30. The average Bonchev–Trinajstić information content (AvgIpc) is 2.33. The summed E-state index contributed by atoms with van der Waals surface area (Å²) in [5.41, 5.74) is 0.0400. The molecule has 0 spiro atoms. The number of carbonyl (C=O) groups is 1. The minimum Gasteiger partial charge on any atom is -0.478 e. The van der Waals surface area contributed by atoms with Crippen LogP contribution in [0.5, 0.6) is 11.6 Å². The molecule has 0 saturated heterocycles. The van der Waals surface area contributed by atoms with Crippen LogP contribution in [0.25, 0.3) is 0 Å². The molecule has 0 aliphatic rings. The Balaban J connectivity index is 2.28. The van der Waals surface area contributed by atoms with Gasteiger partial charge in [-0.05, 0) is 24.3 Å². The fourth-order valence-corrected chi connectivity index (χ4v) is 1.47. The molecule has 0 saturated carbocycles. The number of aromatic nitrogens is 1. The number of hydrogen-bond acceptors (Lipinski definition) is 3. The molecule has 2 rings (SSSR count). The summed E-state index contributed by atoms with van der Waals surface area (Å²) in [4.78, 5) is 14.6. The third-order valence-corrected chi connectivity index (χ3v) is 2.39. The molecule has 1 heterocycles. The molecule has 92 valence electrons. The Bertz CT molecular complexity index is 604. The molecule has 0 bridgehead atoms. The molecule has 0 fully saturated rings. The van der Waals surface area contributed by atoms with Gasteiger partial charge in [-0.1, -0.05) is 11.6 Å². The number of hydrogen-bond donors (Lipinski definition) is 1. The Hall–Kier alpha value is -2.14. The Morgan fingerprint density at radius 1 is 1.33 bits per heavy atom. The Kier molecular flexibility index (Phi) is 3.43. The zero-order chi connectivity index (χ0) is 13.1. The van der Waals surface area contributed by atoms with Crippen molar-refractivity contribution in [2.45, 2.75) is 0 Å². The van der Waals surface area contributed by atoms with Gasteiger partial charge in [0.15, 0.2) is 0 Å². The maximum atomic E-state index is 12.8. The van der Waals surface area contributed by atoms with Crippen molar-refractivity contribution in [2.24, 2.45) is 0 Å². The summed E-state index contributed by atoms with van der Waals surface area (Å²) in [6, 6.07) is 6.20. The number of rotatable bonds is 3. The largest absolute Gasteiger partial charge is 0.478 e. The lowest BCUT2D eigenvalue weighted by Crippen LogP contribution is -1.97. The maximum absolute atomic E-state index is 12.8. The van der Waals surface area contributed by atoms with Crippen molar-refractivity contribution < 1.29 is 19.0 Å². The van der Waals surface area contributed by atoms with Gasteiger partial charge in [0, 0.05) is 12.3 Å². The zero-order valence-corrected chi connectivity index (χ0v) is 9.69. The first-order chi connectivity index (χ1) is 8.56. The quantitative estimate of drug-likeness (QED) is 0.926. The first-order valence-electron chi connectivity index (χ1n) is 4.88. The molecule has 0 aliphatic heterocycles. The molecule has 0 atom stereocenters. The molecule has 6 heteroatoms. The standard InChI is InChI=1S/C12H7ClFNO3/c13-9-6-8(14)1-2-10(9)18-11-5-7(12(16)17)3-4-15-11/h1-6H,(H,16,17). The molecule has 18 heavy (non-hydrogen) atoms. The summed E-state index contributed by atoms with van der Waals surface area (Å²) in [7, 11) is 0. The van der Waals surface area contributed by atoms with Crippen LogP contribution in [0.4, 0.5) is 4.39 Å². The van der Waals surface area contributed by atoms with Gasteiger partial charge in [0.05, 0.1) is 10.6 Å². The highest BCUT2D eigenvalue weighted by molar-refractivity contribution is 6.32. The average molecular weight is 268 g/mol. The first kappa shape index (κ1) is 12.3. The van der Waals surface area contributed by atoms with Gasteiger partial charge in [-0.2, -0.15) is 0 Å². The van der Waals surface area contributed by atoms with Crippen molar-refractivity contribution in [1.29, 1.82) is 0 Å². The minimum atomic E-state index is -1.09. The van der Waals surface area contributed by atoms with Gasteiger partial charge in [0.2, 0.25) is 5.88 Å². The number of benzene rings is 1. The van der Waals surface area contributed by atoms with E-state index in [0.717, 1.165) is 6.07 Å². The maximum Gasteiger partial charge on any atom is 0.335 e. The number of aromatic carboxylic acids is 1. The van der Waals surface area contributed by atoms with Gasteiger partial charge in [-0.25, -0.2) is 14.2 Å². The molecule has 0 amide bonds. The normalized spacial score (nSPS) is 10.1. The van der Waals surface area contributed by atoms with Crippen molar-refractivity contribution in [3.05, 3.63) is 52.9 Å². The number of carboxylic acids is 1. The lowest BCUT2D eigenvalue weighted by atomic mass is 10.3. The molecule has 0 radical (unpaired) electrons. The van der Waals surface area contributed by atoms with E-state index in [9.17, 15) is 9.18 Å². The number of nitrogens with zero attached hydrogens (tertiary/aromatic N) is 1. The molecule has 4 nitrogen and oxygen atoms in total. The van der Waals surface area contributed by atoms with Crippen LogP contribution in [0.1, 0.15) is 10.4 Å². The van der Waals surface area contributed by atoms with E-state index in [1.165, 1.54) is 30.5 Å². The Morgan fingerprint density at radius 2 is 2.11 bits per heavy atom. The zero-order valence-electron chi connectivity index (χ0n) is 8.93. The van der Waals surface area contributed by atoms with Crippen LogP contribution in [0, 0.1) is 5.82 Å². The van der Waals surface area contributed by atoms with Crippen molar-refractivity contribution >= 4 is 17.6 Å². The van der Waals surface area contributed by atoms with Gasteiger partial charge < -0.3 is 9.84 Å². The lowest BCUT2D eigenvalue weighted by Gasteiger charge is -2.06. The second-order valence-corrected chi connectivity index (χ2v) is 3.77. The van der Waals surface area contributed by atoms with E-state index < -0.39 is 11.8 Å². The molecular formula is C12H7ClFNO3. The van der Waals surface area contributed by atoms with E-state index in [1.807, 2.05) is 0 Å². The van der Waals surface area contributed by atoms with E-state index in [-0.39, 0.29) is 22.2 Å². The lowest BCUT2D eigenvalue weighted by molar-refractivity contribution is 0.0696. The molecule has 1 aromatic heterocycles. The summed E-state index contributed by atoms with van der Waals surface area (Å²) in [6.07, 6.45) is 1.30. The van der Waals surface area contributed by atoms with Gasteiger partial charge in [-0.15, -0.1) is 0 Å². The van der Waals surface area contributed by atoms with E-state index >= 15 is 0 Å². The fraction of sp³-hybridized carbons (Fsp3) is 0. The van der Waals surface area contributed by atoms with Crippen molar-refractivity contribution in [3.8, 4) is 11.6 Å². The second kappa shape index (κ2) is 5.01. The number of carboxylic acid groups (broad SMARTS) is 1. The van der Waals surface area contributed by atoms with E-state index in [1.54, 1.807) is 0 Å². The van der Waals surface area contributed by atoms with Crippen LogP contribution < -0.4 is 4.74 Å². The minimum absolute atomic E-state index is 0.0400. The molecule has 1 aromatic carbocycles. The SMILES string of the molecule is O=C(O)c1ccnc(Oc2ccc(F)cc2Cl)c1. The van der Waals surface area contributed by atoms with Gasteiger partial charge >= 0.3 is 5.97 Å². The fourth-order valence-electron chi connectivity index (χ4n) is 1.27. The van der Waals surface area contributed by atoms with Crippen LogP contribution in [0.15, 0.2) is 36.5 Å². The Morgan fingerprint density at radius 3 is 2.78 bits per heavy atom. The first-order valence-corrected chi connectivity index (χ1v) is 5.26. The van der Waals surface area contributed by atoms with Crippen LogP contribution in [-0.4, -0.2) is 16.1 Å². The van der Waals surface area contributed by atoms with Crippen molar-refractivity contribution in [3.63, 3.8) is 0 Å². The monoisotopic (exact) mass is 267 g/mol. The molecular weight excluding hydrogens is 261 g/mol. The van der Waals surface area contributed by atoms with E-state index in [4.69, 9.17) is 21.4 Å². The molecule has 0 aliphatic carbocycles. The highest BCUT2D eigenvalue weighted by Gasteiger charge is 2.08. The highest BCUT2D eigenvalue weighted by atomic mass is 35.5. The third kappa shape index (κ3) is 2.75. The van der Waals surface area contributed by atoms with Crippen LogP contribution >= 0.6 is 11.6 Å². The summed E-state index contributed by atoms with van der Waals surface area (Å²) < 4.78 is 18.1. The van der Waals surface area contributed by atoms with Crippen molar-refractivity contribution in [1.82, 2.24) is 4.98 Å². The predicted octanol–water partition coefficient (Wildman–Crippen LogP) is 3.36. The smallest absolute Gasteiger partial charge is 0.335 e. The number of ether oxygens (including phenoxy) is 1. The summed E-state index contributed by atoms with van der Waals surface area (Å²) in [6.45, 7) is 0. The third-order valence-electron chi connectivity index (χ3n) is 2.09. The number of halogens is 2. The predicted molar refractivity (Wildman–Crippen MR) is 62.7 cm³/mol.